The molecule has 22 heavy (non-hydrogen) atoms. The Morgan fingerprint density at radius 2 is 2.14 bits per heavy atom. The van der Waals surface area contributed by atoms with E-state index in [0.29, 0.717) is 17.6 Å². The quantitative estimate of drug-likeness (QED) is 0.871. The van der Waals surface area contributed by atoms with Gasteiger partial charge in [0.2, 0.25) is 11.7 Å². The fraction of sp³-hybridized carbons (Fsp3) is 0.529. The van der Waals surface area contributed by atoms with Gasteiger partial charge in [-0.1, -0.05) is 19.0 Å². The Labute approximate surface area is 129 Å². The van der Waals surface area contributed by atoms with E-state index in [-0.39, 0.29) is 12.0 Å². The zero-order valence-corrected chi connectivity index (χ0v) is 12.9. The van der Waals surface area contributed by atoms with E-state index in [1.807, 2.05) is 12.1 Å². The summed E-state index contributed by atoms with van der Waals surface area (Å²) in [6.45, 7) is 5.86. The highest BCUT2D eigenvalue weighted by atomic mass is 16.5. The largest absolute Gasteiger partial charge is 0.493 e. The molecule has 2 unspecified atom stereocenters. The summed E-state index contributed by atoms with van der Waals surface area (Å²) in [5.74, 6) is 2.97. The molecule has 1 aromatic heterocycles. The summed E-state index contributed by atoms with van der Waals surface area (Å²) in [4.78, 5) is 4.62. The first-order valence-electron chi connectivity index (χ1n) is 7.93. The number of nitrogens with zero attached hydrogens (tertiary/aromatic N) is 2. The summed E-state index contributed by atoms with van der Waals surface area (Å²) in [6, 6.07) is 6.08. The second-order valence-electron chi connectivity index (χ2n) is 6.35. The van der Waals surface area contributed by atoms with E-state index in [1.165, 1.54) is 5.56 Å². The van der Waals surface area contributed by atoms with Gasteiger partial charge in [0.15, 0.2) is 0 Å². The summed E-state index contributed by atoms with van der Waals surface area (Å²) in [5.41, 5.74) is 2.20. The van der Waals surface area contributed by atoms with Crippen molar-refractivity contribution in [3.8, 4) is 17.1 Å². The van der Waals surface area contributed by atoms with Crippen molar-refractivity contribution in [1.82, 2.24) is 10.1 Å². The fourth-order valence-corrected chi connectivity index (χ4v) is 3.36. The Balaban J connectivity index is 1.61. The maximum Gasteiger partial charge on any atom is 0.232 e. The minimum atomic E-state index is 0.168. The highest BCUT2D eigenvalue weighted by molar-refractivity contribution is 5.59. The van der Waals surface area contributed by atoms with Crippen LogP contribution in [0.4, 0.5) is 0 Å². The van der Waals surface area contributed by atoms with E-state index in [2.05, 4.69) is 30.1 Å². The van der Waals surface area contributed by atoms with Crippen LogP contribution in [0.15, 0.2) is 22.7 Å². The third-order valence-electron chi connectivity index (χ3n) is 4.50. The first kappa shape index (κ1) is 13.8. The molecule has 0 bridgehead atoms. The lowest BCUT2D eigenvalue weighted by Gasteiger charge is -2.18. The number of hydrogen-bond acceptors (Lipinski definition) is 5. The SMILES string of the molecule is CC(C)C1OCCC1c1nc(-c2ccc3c(c2)CCO3)no1. The topological polar surface area (TPSA) is 57.4 Å². The Morgan fingerprint density at radius 1 is 1.23 bits per heavy atom. The molecule has 2 aromatic rings. The Hall–Kier alpha value is -1.88. The zero-order chi connectivity index (χ0) is 15.1. The van der Waals surface area contributed by atoms with Gasteiger partial charge in [-0.25, -0.2) is 0 Å². The van der Waals surface area contributed by atoms with Crippen LogP contribution in [-0.2, 0) is 11.2 Å². The van der Waals surface area contributed by atoms with Crippen molar-refractivity contribution in [2.24, 2.45) is 5.92 Å². The van der Waals surface area contributed by atoms with Crippen LogP contribution < -0.4 is 4.74 Å². The minimum Gasteiger partial charge on any atom is -0.493 e. The van der Waals surface area contributed by atoms with Crippen molar-refractivity contribution in [2.45, 2.75) is 38.7 Å². The molecule has 2 atom stereocenters. The van der Waals surface area contributed by atoms with Gasteiger partial charge in [-0.3, -0.25) is 0 Å². The molecule has 2 aliphatic heterocycles. The maximum absolute atomic E-state index is 5.81. The summed E-state index contributed by atoms with van der Waals surface area (Å²) in [7, 11) is 0. The van der Waals surface area contributed by atoms with Gasteiger partial charge in [-0.05, 0) is 36.1 Å². The lowest BCUT2D eigenvalue weighted by Crippen LogP contribution is -2.21. The molecule has 1 aromatic carbocycles. The van der Waals surface area contributed by atoms with Crippen LogP contribution in [0.3, 0.4) is 0 Å². The predicted octanol–water partition coefficient (Wildman–Crippen LogP) is 3.20. The summed E-state index contributed by atoms with van der Waals surface area (Å²) in [6.07, 6.45) is 2.06. The molecule has 1 fully saturated rings. The van der Waals surface area contributed by atoms with Gasteiger partial charge in [0.05, 0.1) is 18.6 Å². The summed E-state index contributed by atoms with van der Waals surface area (Å²) < 4.78 is 16.9. The molecule has 0 radical (unpaired) electrons. The minimum absolute atomic E-state index is 0.168. The molecule has 0 amide bonds. The second kappa shape index (κ2) is 5.39. The van der Waals surface area contributed by atoms with Crippen molar-refractivity contribution in [3.05, 3.63) is 29.7 Å². The summed E-state index contributed by atoms with van der Waals surface area (Å²) in [5, 5.41) is 4.17. The second-order valence-corrected chi connectivity index (χ2v) is 6.35. The van der Waals surface area contributed by atoms with Crippen molar-refractivity contribution in [1.29, 1.82) is 0 Å². The van der Waals surface area contributed by atoms with Crippen molar-refractivity contribution in [2.75, 3.05) is 13.2 Å². The Kier molecular flexibility index (Phi) is 3.37. The molecule has 5 heteroatoms. The molecular formula is C17H20N2O3. The molecular weight excluding hydrogens is 280 g/mol. The van der Waals surface area contributed by atoms with Crippen molar-refractivity contribution < 1.29 is 14.0 Å². The van der Waals surface area contributed by atoms with Gasteiger partial charge in [-0.15, -0.1) is 0 Å². The van der Waals surface area contributed by atoms with E-state index >= 15 is 0 Å². The first-order chi connectivity index (χ1) is 10.7. The van der Waals surface area contributed by atoms with Gasteiger partial charge in [-0.2, -0.15) is 4.98 Å². The van der Waals surface area contributed by atoms with Crippen LogP contribution in [0.1, 0.15) is 37.6 Å². The molecule has 5 nitrogen and oxygen atoms in total. The van der Waals surface area contributed by atoms with E-state index in [0.717, 1.165) is 37.4 Å². The maximum atomic E-state index is 5.81. The lowest BCUT2D eigenvalue weighted by atomic mass is 9.93. The van der Waals surface area contributed by atoms with E-state index in [1.54, 1.807) is 0 Å². The van der Waals surface area contributed by atoms with E-state index in [4.69, 9.17) is 14.0 Å². The smallest absolute Gasteiger partial charge is 0.232 e. The number of fused-ring (bicyclic) bond motifs is 1. The fourth-order valence-electron chi connectivity index (χ4n) is 3.36. The molecule has 3 heterocycles. The zero-order valence-electron chi connectivity index (χ0n) is 12.9. The Morgan fingerprint density at radius 3 is 3.00 bits per heavy atom. The summed E-state index contributed by atoms with van der Waals surface area (Å²) >= 11 is 0. The van der Waals surface area contributed by atoms with Gasteiger partial charge in [0.1, 0.15) is 5.75 Å². The normalized spacial score (nSPS) is 23.8. The molecule has 0 aliphatic carbocycles. The number of ether oxygens (including phenoxy) is 2. The van der Waals surface area contributed by atoms with Gasteiger partial charge >= 0.3 is 0 Å². The van der Waals surface area contributed by atoms with Gasteiger partial charge in [0.25, 0.3) is 0 Å². The van der Waals surface area contributed by atoms with Gasteiger partial charge < -0.3 is 14.0 Å². The molecule has 0 spiro atoms. The van der Waals surface area contributed by atoms with Crippen LogP contribution in [-0.4, -0.2) is 29.5 Å². The van der Waals surface area contributed by atoms with Gasteiger partial charge in [0, 0.05) is 18.6 Å². The number of hydrogen-bond donors (Lipinski definition) is 0. The highest BCUT2D eigenvalue weighted by Crippen LogP contribution is 2.36. The third kappa shape index (κ3) is 2.29. The average Bonchev–Trinajstić information content (AvgIpc) is 3.25. The molecule has 116 valence electrons. The number of benzene rings is 1. The van der Waals surface area contributed by atoms with Crippen LogP contribution in [0, 0.1) is 5.92 Å². The molecule has 1 saturated heterocycles. The Bertz CT molecular complexity index is 680. The molecule has 0 N–H and O–H groups in total. The molecule has 0 saturated carbocycles. The third-order valence-corrected chi connectivity index (χ3v) is 4.50. The number of aromatic nitrogens is 2. The molecule has 2 aliphatic rings. The first-order valence-corrected chi connectivity index (χ1v) is 7.93. The number of rotatable bonds is 3. The van der Waals surface area contributed by atoms with Crippen LogP contribution in [0.5, 0.6) is 5.75 Å². The van der Waals surface area contributed by atoms with E-state index < -0.39 is 0 Å². The van der Waals surface area contributed by atoms with Crippen molar-refractivity contribution in [3.63, 3.8) is 0 Å². The highest BCUT2D eigenvalue weighted by Gasteiger charge is 2.36. The van der Waals surface area contributed by atoms with Crippen LogP contribution in [0.2, 0.25) is 0 Å². The standard InChI is InChI=1S/C17H20N2O3/c1-10(2)15-13(6-8-21-15)17-18-16(19-22-17)12-3-4-14-11(9-12)5-7-20-14/h3-4,9-10,13,15H,5-8H2,1-2H3. The van der Waals surface area contributed by atoms with Crippen LogP contribution in [0.25, 0.3) is 11.4 Å². The predicted molar refractivity (Wildman–Crippen MR) is 80.9 cm³/mol. The van der Waals surface area contributed by atoms with Crippen LogP contribution >= 0.6 is 0 Å². The van der Waals surface area contributed by atoms with E-state index in [9.17, 15) is 0 Å². The lowest BCUT2D eigenvalue weighted by molar-refractivity contribution is 0.0627. The molecule has 4 rings (SSSR count). The monoisotopic (exact) mass is 300 g/mol. The van der Waals surface area contributed by atoms with Crippen molar-refractivity contribution >= 4 is 0 Å². The average molecular weight is 300 g/mol.